The van der Waals surface area contributed by atoms with Crippen molar-refractivity contribution in [2.24, 2.45) is 0 Å². The van der Waals surface area contributed by atoms with Crippen molar-refractivity contribution < 1.29 is 13.2 Å². The minimum absolute atomic E-state index is 0.0310. The first-order chi connectivity index (χ1) is 11.2. The fourth-order valence-electron chi connectivity index (χ4n) is 2.56. The van der Waals surface area contributed by atoms with Gasteiger partial charge in [-0.1, -0.05) is 32.0 Å². The van der Waals surface area contributed by atoms with Crippen molar-refractivity contribution in [2.75, 3.05) is 23.7 Å². The molecular weight excluding hydrogens is 326 g/mol. The van der Waals surface area contributed by atoms with Crippen LogP contribution in [0.2, 0.25) is 0 Å². The summed E-state index contributed by atoms with van der Waals surface area (Å²) in [4.78, 5) is 11.7. The van der Waals surface area contributed by atoms with Crippen molar-refractivity contribution in [2.45, 2.75) is 46.6 Å². The van der Waals surface area contributed by atoms with Gasteiger partial charge < -0.3 is 10.6 Å². The van der Waals surface area contributed by atoms with Gasteiger partial charge >= 0.3 is 6.03 Å². The largest absolute Gasteiger partial charge is 0.336 e. The molecule has 0 aromatic heterocycles. The molecule has 24 heavy (non-hydrogen) atoms. The van der Waals surface area contributed by atoms with E-state index in [0.29, 0.717) is 0 Å². The van der Waals surface area contributed by atoms with Gasteiger partial charge in [-0.25, -0.2) is 13.2 Å². The summed E-state index contributed by atoms with van der Waals surface area (Å²) < 4.78 is 26.0. The van der Waals surface area contributed by atoms with Crippen molar-refractivity contribution in [3.05, 3.63) is 29.3 Å². The third-order valence-electron chi connectivity index (χ3n) is 3.63. The van der Waals surface area contributed by atoms with E-state index in [0.717, 1.165) is 29.7 Å². The second-order valence-electron chi connectivity index (χ2n) is 6.02. The molecule has 0 spiro atoms. The van der Waals surface area contributed by atoms with E-state index < -0.39 is 10.0 Å². The maximum Gasteiger partial charge on any atom is 0.315 e. The predicted octanol–water partition coefficient (Wildman–Crippen LogP) is 2.29. The highest BCUT2D eigenvalue weighted by Gasteiger charge is 2.22. The Morgan fingerprint density at radius 2 is 1.71 bits per heavy atom. The van der Waals surface area contributed by atoms with E-state index in [1.165, 1.54) is 10.6 Å². The first kappa shape index (κ1) is 20.3. The van der Waals surface area contributed by atoms with Crippen LogP contribution < -0.4 is 14.9 Å². The van der Waals surface area contributed by atoms with Gasteiger partial charge in [0.2, 0.25) is 10.0 Å². The lowest BCUT2D eigenvalue weighted by Gasteiger charge is -2.27. The molecule has 1 aromatic carbocycles. The highest BCUT2D eigenvalue weighted by molar-refractivity contribution is 7.92. The molecule has 0 heterocycles. The Morgan fingerprint density at radius 3 is 2.12 bits per heavy atom. The van der Waals surface area contributed by atoms with Gasteiger partial charge in [0.25, 0.3) is 0 Å². The number of carbonyl (C=O) groups is 1. The topological polar surface area (TPSA) is 78.5 Å². The molecular formula is C17H29N3O3S. The van der Waals surface area contributed by atoms with Crippen LogP contribution in [0.5, 0.6) is 0 Å². The zero-order chi connectivity index (χ0) is 18.3. The number of sulfonamides is 1. The Kier molecular flexibility index (Phi) is 7.54. The van der Waals surface area contributed by atoms with Gasteiger partial charge in [0, 0.05) is 12.6 Å². The van der Waals surface area contributed by atoms with Crippen molar-refractivity contribution in [3.8, 4) is 0 Å². The molecule has 0 saturated carbocycles. The minimum atomic E-state index is -3.44. The van der Waals surface area contributed by atoms with Crippen LogP contribution in [0.15, 0.2) is 18.2 Å². The molecule has 0 radical (unpaired) electrons. The summed E-state index contributed by atoms with van der Waals surface area (Å²) in [5, 5.41) is 5.43. The number of nitrogens with zero attached hydrogens (tertiary/aromatic N) is 1. The number of aryl methyl sites for hydroxylation is 2. The fourth-order valence-corrected chi connectivity index (χ4v) is 3.55. The lowest BCUT2D eigenvalue weighted by molar-refractivity contribution is 0.239. The smallest absolute Gasteiger partial charge is 0.315 e. The van der Waals surface area contributed by atoms with E-state index in [9.17, 15) is 13.2 Å². The monoisotopic (exact) mass is 355 g/mol. The van der Waals surface area contributed by atoms with Crippen molar-refractivity contribution >= 4 is 21.7 Å². The number of para-hydroxylation sites is 1. The summed E-state index contributed by atoms with van der Waals surface area (Å²) in [5.74, 6) is 0. The normalized spacial score (nSPS) is 11.4. The van der Waals surface area contributed by atoms with Gasteiger partial charge in [-0.15, -0.1) is 0 Å². The Balaban J connectivity index is 3.02. The lowest BCUT2D eigenvalue weighted by atomic mass is 10.0. The number of anilines is 1. The molecule has 0 aliphatic carbocycles. The van der Waals surface area contributed by atoms with E-state index in [1.54, 1.807) is 0 Å². The van der Waals surface area contributed by atoms with Crippen LogP contribution in [-0.4, -0.2) is 39.8 Å². The Hall–Kier alpha value is -1.76. The standard InChI is InChI=1S/C17H29N3O3S/c1-6-14-9-8-10-15(7-2)16(14)20(24(5,22)23)12-11-18-17(21)19-13(3)4/h8-10,13H,6-7,11-12H2,1-5H3,(H2,18,19,21). The number of hydrogen-bond acceptors (Lipinski definition) is 3. The molecule has 2 N–H and O–H groups in total. The zero-order valence-corrected chi connectivity index (χ0v) is 16.0. The van der Waals surface area contributed by atoms with Crippen LogP contribution in [0.1, 0.15) is 38.8 Å². The van der Waals surface area contributed by atoms with E-state index in [1.807, 2.05) is 45.9 Å². The first-order valence-corrected chi connectivity index (χ1v) is 10.2. The first-order valence-electron chi connectivity index (χ1n) is 8.33. The lowest BCUT2D eigenvalue weighted by Crippen LogP contribution is -2.44. The highest BCUT2D eigenvalue weighted by Crippen LogP contribution is 2.28. The van der Waals surface area contributed by atoms with Crippen molar-refractivity contribution in [1.29, 1.82) is 0 Å². The maximum atomic E-state index is 12.3. The van der Waals surface area contributed by atoms with Gasteiger partial charge in [0.05, 0.1) is 18.5 Å². The third-order valence-corrected chi connectivity index (χ3v) is 4.80. The van der Waals surface area contributed by atoms with Crippen LogP contribution in [0, 0.1) is 0 Å². The van der Waals surface area contributed by atoms with E-state index in [-0.39, 0.29) is 25.2 Å². The summed E-state index contributed by atoms with van der Waals surface area (Å²) in [5.41, 5.74) is 2.73. The molecule has 1 rings (SSSR count). The molecule has 136 valence electrons. The maximum absolute atomic E-state index is 12.3. The molecule has 1 aromatic rings. The zero-order valence-electron chi connectivity index (χ0n) is 15.2. The minimum Gasteiger partial charge on any atom is -0.336 e. The van der Waals surface area contributed by atoms with Gasteiger partial charge in [0.1, 0.15) is 0 Å². The van der Waals surface area contributed by atoms with Crippen LogP contribution in [-0.2, 0) is 22.9 Å². The van der Waals surface area contributed by atoms with Gasteiger partial charge in [0.15, 0.2) is 0 Å². The molecule has 0 saturated heterocycles. The average molecular weight is 356 g/mol. The summed E-state index contributed by atoms with van der Waals surface area (Å²) >= 11 is 0. The van der Waals surface area contributed by atoms with Gasteiger partial charge in [-0.2, -0.15) is 0 Å². The molecule has 0 aliphatic heterocycles. The van der Waals surface area contributed by atoms with Crippen LogP contribution in [0.3, 0.4) is 0 Å². The van der Waals surface area contributed by atoms with E-state index in [4.69, 9.17) is 0 Å². The van der Waals surface area contributed by atoms with Crippen LogP contribution in [0.25, 0.3) is 0 Å². The SMILES string of the molecule is CCc1cccc(CC)c1N(CCNC(=O)NC(C)C)S(C)(=O)=O. The summed E-state index contributed by atoms with van der Waals surface area (Å²) in [6, 6.07) is 5.59. The predicted molar refractivity (Wildman–Crippen MR) is 99.1 cm³/mol. The Bertz CT molecular complexity index is 635. The summed E-state index contributed by atoms with van der Waals surface area (Å²) in [6.07, 6.45) is 2.69. The Morgan fingerprint density at radius 1 is 1.17 bits per heavy atom. The average Bonchev–Trinajstić information content (AvgIpc) is 2.49. The molecule has 7 heteroatoms. The van der Waals surface area contributed by atoms with Gasteiger partial charge in [-0.05, 0) is 37.8 Å². The fraction of sp³-hybridized carbons (Fsp3) is 0.588. The van der Waals surface area contributed by atoms with Gasteiger partial charge in [-0.3, -0.25) is 4.31 Å². The number of urea groups is 1. The van der Waals surface area contributed by atoms with Crippen molar-refractivity contribution in [3.63, 3.8) is 0 Å². The second-order valence-corrected chi connectivity index (χ2v) is 7.93. The second kappa shape index (κ2) is 8.92. The third kappa shape index (κ3) is 5.70. The van der Waals surface area contributed by atoms with Crippen molar-refractivity contribution in [1.82, 2.24) is 10.6 Å². The molecule has 0 bridgehead atoms. The molecule has 0 fully saturated rings. The van der Waals surface area contributed by atoms with Crippen LogP contribution >= 0.6 is 0 Å². The number of nitrogens with one attached hydrogen (secondary N) is 2. The molecule has 0 atom stereocenters. The number of hydrogen-bond donors (Lipinski definition) is 2. The molecule has 2 amide bonds. The number of amides is 2. The number of carbonyl (C=O) groups excluding carboxylic acids is 1. The quantitative estimate of drug-likeness (QED) is 0.751. The highest BCUT2D eigenvalue weighted by atomic mass is 32.2. The van der Waals surface area contributed by atoms with E-state index >= 15 is 0 Å². The number of rotatable bonds is 8. The summed E-state index contributed by atoms with van der Waals surface area (Å²) in [7, 11) is -3.44. The molecule has 0 unspecified atom stereocenters. The molecule has 6 nitrogen and oxygen atoms in total. The number of benzene rings is 1. The summed E-state index contributed by atoms with van der Waals surface area (Å²) in [6.45, 7) is 8.20. The van der Waals surface area contributed by atoms with E-state index in [2.05, 4.69) is 10.6 Å². The molecule has 0 aliphatic rings. The van der Waals surface area contributed by atoms with Crippen LogP contribution in [0.4, 0.5) is 10.5 Å². The Labute approximate surface area is 145 Å².